The third kappa shape index (κ3) is 3.01. The smallest absolute Gasteiger partial charge is 0.219 e. The van der Waals surface area contributed by atoms with Crippen molar-refractivity contribution in [1.29, 1.82) is 0 Å². The average molecular weight is 293 g/mol. The molecule has 0 aliphatic heterocycles. The number of ether oxygens (including phenoxy) is 1. The maximum atomic E-state index is 13.0. The van der Waals surface area contributed by atoms with Crippen LogP contribution in [0.15, 0.2) is 72.9 Å². The Morgan fingerprint density at radius 1 is 0.909 bits per heavy atom. The molecular weight excluding hydrogens is 281 g/mol. The lowest BCUT2D eigenvalue weighted by Crippen LogP contribution is -2.04. The molecule has 0 atom stereocenters. The SMILES string of the molecule is O=C(c1ccc(F)cc1)c1ccccc1Oc1ccccn1. The first-order valence-corrected chi connectivity index (χ1v) is 6.72. The number of ketones is 1. The third-order valence-corrected chi connectivity index (χ3v) is 3.09. The second-order valence-corrected chi connectivity index (χ2v) is 4.60. The summed E-state index contributed by atoms with van der Waals surface area (Å²) in [6.07, 6.45) is 1.61. The molecule has 0 saturated carbocycles. The zero-order chi connectivity index (χ0) is 15.4. The van der Waals surface area contributed by atoms with Gasteiger partial charge in [-0.15, -0.1) is 0 Å². The summed E-state index contributed by atoms with van der Waals surface area (Å²) in [4.78, 5) is 16.6. The van der Waals surface area contributed by atoms with Gasteiger partial charge in [-0.3, -0.25) is 4.79 Å². The zero-order valence-corrected chi connectivity index (χ0v) is 11.6. The summed E-state index contributed by atoms with van der Waals surface area (Å²) in [5, 5.41) is 0. The normalized spacial score (nSPS) is 10.2. The Bertz CT molecular complexity index is 786. The average Bonchev–Trinajstić information content (AvgIpc) is 2.56. The number of rotatable bonds is 4. The van der Waals surface area contributed by atoms with Crippen LogP contribution in [0.2, 0.25) is 0 Å². The van der Waals surface area contributed by atoms with E-state index in [2.05, 4.69) is 4.98 Å². The van der Waals surface area contributed by atoms with E-state index >= 15 is 0 Å². The summed E-state index contributed by atoms with van der Waals surface area (Å²) >= 11 is 0. The Hall–Kier alpha value is -3.01. The van der Waals surface area contributed by atoms with Crippen LogP contribution < -0.4 is 4.74 Å². The van der Waals surface area contributed by atoms with Gasteiger partial charge < -0.3 is 4.74 Å². The molecule has 0 radical (unpaired) electrons. The molecule has 0 spiro atoms. The van der Waals surface area contributed by atoms with Gasteiger partial charge in [-0.2, -0.15) is 0 Å². The molecule has 0 saturated heterocycles. The van der Waals surface area contributed by atoms with Gasteiger partial charge in [-0.05, 0) is 42.5 Å². The highest BCUT2D eigenvalue weighted by Crippen LogP contribution is 2.25. The molecule has 1 heterocycles. The minimum absolute atomic E-state index is 0.230. The molecule has 3 aromatic rings. The van der Waals surface area contributed by atoms with Crippen molar-refractivity contribution in [2.24, 2.45) is 0 Å². The molecule has 3 nitrogen and oxygen atoms in total. The lowest BCUT2D eigenvalue weighted by atomic mass is 10.0. The number of carbonyl (C=O) groups is 1. The fourth-order valence-electron chi connectivity index (χ4n) is 2.02. The number of benzene rings is 2. The summed E-state index contributed by atoms with van der Waals surface area (Å²) in [5.74, 6) is 0.207. The molecule has 108 valence electrons. The van der Waals surface area contributed by atoms with Crippen molar-refractivity contribution in [2.45, 2.75) is 0 Å². The number of nitrogens with zero attached hydrogens (tertiary/aromatic N) is 1. The minimum atomic E-state index is -0.380. The number of hydrogen-bond acceptors (Lipinski definition) is 3. The second-order valence-electron chi connectivity index (χ2n) is 4.60. The van der Waals surface area contributed by atoms with Crippen LogP contribution in [0.1, 0.15) is 15.9 Å². The largest absolute Gasteiger partial charge is 0.438 e. The van der Waals surface area contributed by atoms with Crippen molar-refractivity contribution in [3.63, 3.8) is 0 Å². The van der Waals surface area contributed by atoms with E-state index in [1.165, 1.54) is 24.3 Å². The highest BCUT2D eigenvalue weighted by Gasteiger charge is 2.15. The molecule has 22 heavy (non-hydrogen) atoms. The van der Waals surface area contributed by atoms with E-state index in [4.69, 9.17) is 4.74 Å². The quantitative estimate of drug-likeness (QED) is 0.675. The molecule has 1 aromatic heterocycles. The van der Waals surface area contributed by atoms with Gasteiger partial charge in [0.05, 0.1) is 5.56 Å². The predicted molar refractivity (Wildman–Crippen MR) is 80.6 cm³/mol. The minimum Gasteiger partial charge on any atom is -0.438 e. The predicted octanol–water partition coefficient (Wildman–Crippen LogP) is 4.24. The van der Waals surface area contributed by atoms with Crippen LogP contribution in [0, 0.1) is 5.82 Å². The molecule has 0 fully saturated rings. The summed E-state index contributed by atoms with van der Waals surface area (Å²) in [6.45, 7) is 0. The van der Waals surface area contributed by atoms with Crippen LogP contribution >= 0.6 is 0 Å². The van der Waals surface area contributed by atoms with Gasteiger partial charge in [0.1, 0.15) is 11.6 Å². The van der Waals surface area contributed by atoms with E-state index < -0.39 is 0 Å². The molecule has 0 unspecified atom stereocenters. The van der Waals surface area contributed by atoms with Gasteiger partial charge in [0.25, 0.3) is 0 Å². The molecule has 0 bridgehead atoms. The number of para-hydroxylation sites is 1. The van der Waals surface area contributed by atoms with E-state index in [-0.39, 0.29) is 11.6 Å². The van der Waals surface area contributed by atoms with Gasteiger partial charge >= 0.3 is 0 Å². The standard InChI is InChI=1S/C18H12FNO2/c19-14-10-8-13(9-11-14)18(21)15-5-1-2-6-16(15)22-17-7-3-4-12-20-17/h1-12H. The van der Waals surface area contributed by atoms with Gasteiger partial charge in [-0.25, -0.2) is 9.37 Å². The van der Waals surface area contributed by atoms with E-state index in [1.807, 2.05) is 0 Å². The van der Waals surface area contributed by atoms with Gasteiger partial charge in [0.15, 0.2) is 5.78 Å². The summed E-state index contributed by atoms with van der Waals surface area (Å²) in [6, 6.07) is 17.6. The topological polar surface area (TPSA) is 39.2 Å². The van der Waals surface area contributed by atoms with Crippen molar-refractivity contribution in [1.82, 2.24) is 4.98 Å². The van der Waals surface area contributed by atoms with Gasteiger partial charge in [-0.1, -0.05) is 18.2 Å². The number of aromatic nitrogens is 1. The molecule has 4 heteroatoms. The highest BCUT2D eigenvalue weighted by atomic mass is 19.1. The second kappa shape index (κ2) is 6.18. The molecule has 0 N–H and O–H groups in total. The van der Waals surface area contributed by atoms with Crippen LogP contribution in [-0.4, -0.2) is 10.8 Å². The maximum absolute atomic E-state index is 13.0. The van der Waals surface area contributed by atoms with E-state index in [9.17, 15) is 9.18 Å². The van der Waals surface area contributed by atoms with Gasteiger partial charge in [0, 0.05) is 17.8 Å². The zero-order valence-electron chi connectivity index (χ0n) is 11.6. The van der Waals surface area contributed by atoms with Crippen molar-refractivity contribution < 1.29 is 13.9 Å². The van der Waals surface area contributed by atoms with Crippen LogP contribution in [0.3, 0.4) is 0 Å². The van der Waals surface area contributed by atoms with Gasteiger partial charge in [0.2, 0.25) is 5.88 Å². The Labute approximate surface area is 127 Å². The molecular formula is C18H12FNO2. The third-order valence-electron chi connectivity index (χ3n) is 3.09. The Morgan fingerprint density at radius 3 is 2.36 bits per heavy atom. The summed E-state index contributed by atoms with van der Waals surface area (Å²) in [5.41, 5.74) is 0.804. The molecule has 0 amide bonds. The molecule has 0 aliphatic rings. The van der Waals surface area contributed by atoms with Crippen molar-refractivity contribution in [3.05, 3.63) is 89.9 Å². The van der Waals surface area contributed by atoms with Crippen LogP contribution in [0.25, 0.3) is 0 Å². The van der Waals surface area contributed by atoms with Crippen molar-refractivity contribution in [2.75, 3.05) is 0 Å². The fourth-order valence-corrected chi connectivity index (χ4v) is 2.02. The monoisotopic (exact) mass is 293 g/mol. The molecule has 0 aliphatic carbocycles. The van der Waals surface area contributed by atoms with Crippen molar-refractivity contribution in [3.8, 4) is 11.6 Å². The number of hydrogen-bond donors (Lipinski definition) is 0. The van der Waals surface area contributed by atoms with Crippen LogP contribution in [-0.2, 0) is 0 Å². The number of carbonyl (C=O) groups excluding carboxylic acids is 1. The summed E-state index contributed by atoms with van der Waals surface area (Å²) < 4.78 is 18.6. The van der Waals surface area contributed by atoms with Crippen molar-refractivity contribution >= 4 is 5.78 Å². The molecule has 3 rings (SSSR count). The lowest BCUT2D eigenvalue weighted by molar-refractivity contribution is 0.103. The van der Waals surface area contributed by atoms with E-state index in [1.54, 1.807) is 48.7 Å². The van der Waals surface area contributed by atoms with Crippen LogP contribution in [0.4, 0.5) is 4.39 Å². The van der Waals surface area contributed by atoms with Crippen LogP contribution in [0.5, 0.6) is 11.6 Å². The summed E-state index contributed by atoms with van der Waals surface area (Å²) in [7, 11) is 0. The first kappa shape index (κ1) is 13.9. The lowest BCUT2D eigenvalue weighted by Gasteiger charge is -2.09. The first-order chi connectivity index (χ1) is 10.7. The number of pyridine rings is 1. The number of halogens is 1. The maximum Gasteiger partial charge on any atom is 0.219 e. The first-order valence-electron chi connectivity index (χ1n) is 6.72. The Balaban J connectivity index is 1.94. The highest BCUT2D eigenvalue weighted by molar-refractivity contribution is 6.10. The van der Waals surface area contributed by atoms with E-state index in [0.717, 1.165) is 0 Å². The van der Waals surface area contributed by atoms with E-state index in [0.29, 0.717) is 22.8 Å². The Morgan fingerprint density at radius 2 is 1.64 bits per heavy atom. The molecule has 2 aromatic carbocycles. The fraction of sp³-hybridized carbons (Fsp3) is 0. The Kier molecular flexibility index (Phi) is 3.92.